The number of halogens is 1. The van der Waals surface area contributed by atoms with Gasteiger partial charge in [0, 0.05) is 34.8 Å². The van der Waals surface area contributed by atoms with Crippen molar-refractivity contribution in [2.45, 2.75) is 93.8 Å². The van der Waals surface area contributed by atoms with E-state index < -0.39 is 27.1 Å². The smallest absolute Gasteiger partial charge is 0.408 e. The molecule has 2 atom stereocenters. The minimum Gasteiger partial charge on any atom is -0.444 e. The number of benzene rings is 2. The van der Waals surface area contributed by atoms with Crippen LogP contribution in [0.5, 0.6) is 0 Å². The number of amides is 2. The first-order chi connectivity index (χ1) is 22.8. The van der Waals surface area contributed by atoms with Crippen LogP contribution in [-0.4, -0.2) is 57.6 Å². The van der Waals surface area contributed by atoms with Gasteiger partial charge < -0.3 is 20.7 Å². The number of aromatic nitrogens is 3. The Bertz CT molecular complexity index is 1990. The van der Waals surface area contributed by atoms with Crippen molar-refractivity contribution in [3.05, 3.63) is 72.0 Å². The SMILES string of the molecule is CC(C)(C)OC(=O)NC12CC(C(=O)NC3CCCC(Nc4ncc(Cl)c(-c5cn(S(=O)(=O)c6ccccc6)c6ccccc56)n4)C3)(C1)C2. The fourth-order valence-corrected chi connectivity index (χ4v) is 9.11. The number of carbonyl (C=O) groups excluding carboxylic acids is 2. The molecule has 4 aliphatic carbocycles. The lowest BCUT2D eigenvalue weighted by molar-refractivity contribution is -0.180. The molecule has 2 amide bonds. The highest BCUT2D eigenvalue weighted by Crippen LogP contribution is 2.67. The zero-order valence-electron chi connectivity index (χ0n) is 27.1. The molecule has 2 bridgehead atoms. The summed E-state index contributed by atoms with van der Waals surface area (Å²) in [6, 6.07) is 15.6. The standard InChI is InChI=1S/C35H39ClN6O5S/c1-33(2,3)47-32(44)41-35-19-34(20-35,21-35)30(43)38-22-10-9-11-23(16-22)39-31-37-17-27(36)29(40-31)26-18-42(28-15-8-7-14-25(26)28)48(45,46)24-12-5-4-6-13-24/h4-8,12-15,17-18,22-23H,9-11,16,19-21H2,1-3H3,(H,38,43)(H,41,44)(H,37,39,40). The van der Waals surface area contributed by atoms with Crippen LogP contribution in [0, 0.1) is 5.41 Å². The van der Waals surface area contributed by atoms with Crippen molar-refractivity contribution in [2.24, 2.45) is 5.41 Å². The van der Waals surface area contributed by atoms with Crippen LogP contribution in [0.25, 0.3) is 22.2 Å². The molecular weight excluding hydrogens is 652 g/mol. The van der Waals surface area contributed by atoms with E-state index in [4.69, 9.17) is 21.3 Å². The highest BCUT2D eigenvalue weighted by atomic mass is 35.5. The number of hydrogen-bond donors (Lipinski definition) is 3. The van der Waals surface area contributed by atoms with Crippen LogP contribution in [0.1, 0.15) is 65.7 Å². The summed E-state index contributed by atoms with van der Waals surface area (Å²) in [7, 11) is -3.88. The van der Waals surface area contributed by atoms with Crippen molar-refractivity contribution in [3.8, 4) is 11.3 Å². The van der Waals surface area contributed by atoms with E-state index in [0.29, 0.717) is 58.8 Å². The Kier molecular flexibility index (Phi) is 7.94. The number of rotatable bonds is 8. The average Bonchev–Trinajstić information content (AvgIpc) is 3.39. The number of anilines is 1. The van der Waals surface area contributed by atoms with Gasteiger partial charge in [0.1, 0.15) is 5.60 Å². The van der Waals surface area contributed by atoms with Crippen LogP contribution in [-0.2, 0) is 19.6 Å². The summed E-state index contributed by atoms with van der Waals surface area (Å²) in [4.78, 5) is 35.0. The molecule has 48 heavy (non-hydrogen) atoms. The normalized spacial score (nSPS) is 25.0. The van der Waals surface area contributed by atoms with E-state index in [2.05, 4.69) is 20.9 Å². The zero-order valence-corrected chi connectivity index (χ0v) is 28.7. The Hall–Kier alpha value is -4.16. The maximum absolute atomic E-state index is 13.6. The molecule has 4 aromatic rings. The second kappa shape index (κ2) is 11.8. The van der Waals surface area contributed by atoms with Crippen LogP contribution >= 0.6 is 11.6 Å². The van der Waals surface area contributed by atoms with Crippen LogP contribution in [0.4, 0.5) is 10.7 Å². The molecule has 3 N–H and O–H groups in total. The molecule has 4 fully saturated rings. The fraction of sp³-hybridized carbons (Fsp3) is 0.429. The lowest BCUT2D eigenvalue weighted by Gasteiger charge is -2.69. The minimum atomic E-state index is -3.88. The first-order valence-electron chi connectivity index (χ1n) is 16.3. The van der Waals surface area contributed by atoms with Crippen molar-refractivity contribution in [3.63, 3.8) is 0 Å². The van der Waals surface area contributed by atoms with E-state index >= 15 is 0 Å². The van der Waals surface area contributed by atoms with Crippen molar-refractivity contribution in [1.29, 1.82) is 0 Å². The summed E-state index contributed by atoms with van der Waals surface area (Å²) in [5, 5.41) is 10.7. The van der Waals surface area contributed by atoms with Gasteiger partial charge in [-0.3, -0.25) is 4.79 Å². The fourth-order valence-electron chi connectivity index (χ4n) is 7.52. The van der Waals surface area contributed by atoms with E-state index in [0.717, 1.165) is 19.3 Å². The van der Waals surface area contributed by atoms with Crippen molar-refractivity contribution in [2.75, 3.05) is 5.32 Å². The molecule has 2 heterocycles. The molecule has 13 heteroatoms. The maximum Gasteiger partial charge on any atom is 0.408 e. The largest absolute Gasteiger partial charge is 0.444 e. The van der Waals surface area contributed by atoms with Gasteiger partial charge in [0.2, 0.25) is 11.9 Å². The predicted octanol–water partition coefficient (Wildman–Crippen LogP) is 6.28. The number of hydrogen-bond acceptors (Lipinski definition) is 8. The van der Waals surface area contributed by atoms with E-state index in [1.165, 1.54) is 10.2 Å². The summed E-state index contributed by atoms with van der Waals surface area (Å²) in [6.45, 7) is 5.49. The number of fused-ring (bicyclic) bond motifs is 1. The summed E-state index contributed by atoms with van der Waals surface area (Å²) < 4.78 is 33.9. The van der Waals surface area contributed by atoms with Gasteiger partial charge in [-0.2, -0.15) is 0 Å². The highest BCUT2D eigenvalue weighted by molar-refractivity contribution is 7.90. The molecule has 11 nitrogen and oxygen atoms in total. The molecule has 2 aromatic carbocycles. The highest BCUT2D eigenvalue weighted by Gasteiger charge is 2.72. The number of nitrogens with one attached hydrogen (secondary N) is 3. The Morgan fingerprint density at radius 2 is 1.69 bits per heavy atom. The molecule has 4 aliphatic rings. The van der Waals surface area contributed by atoms with Gasteiger partial charge in [-0.1, -0.05) is 48.0 Å². The zero-order chi connectivity index (χ0) is 33.9. The third-order valence-corrected chi connectivity index (χ3v) is 11.6. The summed E-state index contributed by atoms with van der Waals surface area (Å²) in [5.74, 6) is 0.427. The van der Waals surface area contributed by atoms with E-state index in [1.54, 1.807) is 48.7 Å². The van der Waals surface area contributed by atoms with Crippen LogP contribution in [0.3, 0.4) is 0 Å². The summed E-state index contributed by atoms with van der Waals surface area (Å²) in [6.07, 6.45) is 7.93. The molecule has 0 saturated heterocycles. The average molecular weight is 691 g/mol. The number of para-hydroxylation sites is 1. The first-order valence-corrected chi connectivity index (χ1v) is 18.1. The molecular formula is C35H39ClN6O5S. The molecule has 0 spiro atoms. The Balaban J connectivity index is 1.03. The monoisotopic (exact) mass is 690 g/mol. The van der Waals surface area contributed by atoms with Crippen molar-refractivity contribution < 1.29 is 22.7 Å². The van der Waals surface area contributed by atoms with Crippen LogP contribution in [0.15, 0.2) is 71.9 Å². The molecule has 2 unspecified atom stereocenters. The van der Waals surface area contributed by atoms with Gasteiger partial charge in [-0.15, -0.1) is 0 Å². The lowest BCUT2D eigenvalue weighted by atomic mass is 9.39. The minimum absolute atomic E-state index is 0.000444. The van der Waals surface area contributed by atoms with Gasteiger partial charge in [0.15, 0.2) is 0 Å². The molecule has 0 radical (unpaired) electrons. The molecule has 252 valence electrons. The van der Waals surface area contributed by atoms with Crippen molar-refractivity contribution in [1.82, 2.24) is 24.6 Å². The van der Waals surface area contributed by atoms with Gasteiger partial charge in [0.05, 0.1) is 32.7 Å². The van der Waals surface area contributed by atoms with Crippen LogP contribution < -0.4 is 16.0 Å². The number of nitrogens with zero attached hydrogens (tertiary/aromatic N) is 3. The Labute approximate surface area is 284 Å². The Morgan fingerprint density at radius 3 is 2.42 bits per heavy atom. The third kappa shape index (κ3) is 6.00. The second-order valence-corrected chi connectivity index (χ2v) is 16.7. The van der Waals surface area contributed by atoms with Gasteiger partial charge in [0.25, 0.3) is 10.0 Å². The number of carbonyl (C=O) groups is 2. The van der Waals surface area contributed by atoms with E-state index in [9.17, 15) is 18.0 Å². The topological polar surface area (TPSA) is 144 Å². The van der Waals surface area contributed by atoms with E-state index in [-0.39, 0.29) is 28.4 Å². The maximum atomic E-state index is 13.6. The lowest BCUT2D eigenvalue weighted by Crippen LogP contribution is -2.78. The molecule has 8 rings (SSSR count). The van der Waals surface area contributed by atoms with Gasteiger partial charge in [-0.05, 0) is 83.9 Å². The summed E-state index contributed by atoms with van der Waals surface area (Å²) >= 11 is 6.64. The van der Waals surface area contributed by atoms with E-state index in [1.807, 2.05) is 32.9 Å². The quantitative estimate of drug-likeness (QED) is 0.196. The molecule has 4 saturated carbocycles. The predicted molar refractivity (Wildman–Crippen MR) is 183 cm³/mol. The van der Waals surface area contributed by atoms with Crippen LogP contribution in [0.2, 0.25) is 5.02 Å². The number of ether oxygens (including phenoxy) is 1. The summed E-state index contributed by atoms with van der Waals surface area (Å²) in [5.41, 5.74) is 0.187. The van der Waals surface area contributed by atoms with Gasteiger partial charge >= 0.3 is 6.09 Å². The molecule has 2 aromatic heterocycles. The van der Waals surface area contributed by atoms with Gasteiger partial charge in [-0.25, -0.2) is 27.2 Å². The third-order valence-electron chi connectivity index (χ3n) is 9.60. The Morgan fingerprint density at radius 1 is 1.00 bits per heavy atom. The molecule has 0 aliphatic heterocycles. The first kappa shape index (κ1) is 32.4. The van der Waals surface area contributed by atoms with Crippen molar-refractivity contribution >= 4 is 50.5 Å². The number of alkyl carbamates (subject to hydrolysis) is 1. The second-order valence-electron chi connectivity index (χ2n) is 14.5.